The number of carbonyl (C=O) groups excluding carboxylic acids is 1. The van der Waals surface area contributed by atoms with Crippen LogP contribution in [-0.2, 0) is 10.5 Å². The second-order valence-corrected chi connectivity index (χ2v) is 4.84. The molecular formula is C14H17NO2S. The van der Waals surface area contributed by atoms with Crippen LogP contribution in [0.5, 0.6) is 0 Å². The summed E-state index contributed by atoms with van der Waals surface area (Å²) in [6, 6.07) is 9.64. The first kappa shape index (κ1) is 14.6. The van der Waals surface area contributed by atoms with Crippen LogP contribution in [0.4, 0.5) is 0 Å². The summed E-state index contributed by atoms with van der Waals surface area (Å²) in [7, 11) is 0. The van der Waals surface area contributed by atoms with E-state index in [0.717, 1.165) is 23.5 Å². The summed E-state index contributed by atoms with van der Waals surface area (Å²) in [6.45, 7) is 2.19. The van der Waals surface area contributed by atoms with Gasteiger partial charge in [0.1, 0.15) is 0 Å². The first-order valence-corrected chi connectivity index (χ1v) is 7.14. The zero-order valence-corrected chi connectivity index (χ0v) is 11.3. The van der Waals surface area contributed by atoms with Crippen molar-refractivity contribution in [2.24, 2.45) is 0 Å². The number of thioether (sulfide) groups is 1. The molecule has 1 aromatic rings. The van der Waals surface area contributed by atoms with Crippen LogP contribution in [-0.4, -0.2) is 18.3 Å². The molecule has 0 saturated carbocycles. The van der Waals surface area contributed by atoms with E-state index in [1.165, 1.54) is 0 Å². The number of unbranched alkanes of at least 4 members (excludes halogenated alkanes) is 1. The lowest BCUT2D eigenvalue weighted by Gasteiger charge is -2.05. The number of esters is 1. The Morgan fingerprint density at radius 3 is 3.06 bits per heavy atom. The van der Waals surface area contributed by atoms with Gasteiger partial charge in [-0.2, -0.15) is 17.0 Å². The molecule has 0 N–H and O–H groups in total. The van der Waals surface area contributed by atoms with Crippen molar-refractivity contribution in [2.45, 2.75) is 25.5 Å². The van der Waals surface area contributed by atoms with Crippen molar-refractivity contribution < 1.29 is 9.53 Å². The fraction of sp³-hybridized carbons (Fsp3) is 0.429. The van der Waals surface area contributed by atoms with E-state index in [1.54, 1.807) is 24.8 Å². The number of hydrogen-bond donors (Lipinski definition) is 0. The zero-order chi connectivity index (χ0) is 13.2. The number of hydrogen-bond acceptors (Lipinski definition) is 4. The third-order valence-electron chi connectivity index (χ3n) is 2.28. The second kappa shape index (κ2) is 8.60. The molecule has 0 fully saturated rings. The molecule has 3 nitrogen and oxygen atoms in total. The molecule has 0 amide bonds. The fourth-order valence-electron chi connectivity index (χ4n) is 1.45. The van der Waals surface area contributed by atoms with Gasteiger partial charge in [0, 0.05) is 12.2 Å². The quantitative estimate of drug-likeness (QED) is 0.559. The standard InChI is InChI=1S/C14H17NO2S/c1-2-17-14(16)13-7-5-6-12(10-13)11-18-9-4-3-8-15/h5-7,10H,2-4,9,11H2,1H3. The molecule has 0 saturated heterocycles. The minimum absolute atomic E-state index is 0.270. The molecule has 0 heterocycles. The van der Waals surface area contributed by atoms with E-state index in [9.17, 15) is 4.79 Å². The Morgan fingerprint density at radius 1 is 1.50 bits per heavy atom. The molecule has 0 aliphatic heterocycles. The number of nitrogens with zero attached hydrogens (tertiary/aromatic N) is 1. The molecule has 18 heavy (non-hydrogen) atoms. The summed E-state index contributed by atoms with van der Waals surface area (Å²) < 4.78 is 4.96. The Balaban J connectivity index is 2.45. The number of ether oxygens (including phenoxy) is 1. The summed E-state index contributed by atoms with van der Waals surface area (Å²) in [5.74, 6) is 1.56. The van der Waals surface area contributed by atoms with Gasteiger partial charge in [-0.1, -0.05) is 12.1 Å². The van der Waals surface area contributed by atoms with E-state index in [4.69, 9.17) is 10.00 Å². The second-order valence-electron chi connectivity index (χ2n) is 3.74. The molecule has 0 bridgehead atoms. The van der Waals surface area contributed by atoms with Crippen molar-refractivity contribution in [1.29, 1.82) is 5.26 Å². The average Bonchev–Trinajstić information content (AvgIpc) is 2.39. The largest absolute Gasteiger partial charge is 0.462 e. The van der Waals surface area contributed by atoms with Crippen LogP contribution in [0.1, 0.15) is 35.7 Å². The molecule has 0 aliphatic rings. The van der Waals surface area contributed by atoms with Gasteiger partial charge in [0.05, 0.1) is 18.2 Å². The van der Waals surface area contributed by atoms with Crippen LogP contribution < -0.4 is 0 Å². The van der Waals surface area contributed by atoms with E-state index >= 15 is 0 Å². The average molecular weight is 263 g/mol. The van der Waals surface area contributed by atoms with Crippen LogP contribution in [0.2, 0.25) is 0 Å². The summed E-state index contributed by atoms with van der Waals surface area (Å²) in [5.41, 5.74) is 1.72. The predicted molar refractivity (Wildman–Crippen MR) is 73.4 cm³/mol. The highest BCUT2D eigenvalue weighted by molar-refractivity contribution is 7.98. The number of rotatable bonds is 7. The molecular weight excluding hydrogens is 246 g/mol. The van der Waals surface area contributed by atoms with Crippen molar-refractivity contribution in [2.75, 3.05) is 12.4 Å². The van der Waals surface area contributed by atoms with Crippen LogP contribution in [0.3, 0.4) is 0 Å². The first-order valence-electron chi connectivity index (χ1n) is 5.98. The molecule has 1 aromatic carbocycles. The Kier molecular flexibility index (Phi) is 6.97. The molecule has 0 radical (unpaired) electrons. The Bertz CT molecular complexity index is 426. The minimum Gasteiger partial charge on any atom is -0.462 e. The number of carbonyl (C=O) groups is 1. The third-order valence-corrected chi connectivity index (χ3v) is 3.40. The molecule has 0 spiro atoms. The summed E-state index contributed by atoms with van der Waals surface area (Å²) >= 11 is 1.78. The Hall–Kier alpha value is -1.47. The number of benzene rings is 1. The van der Waals surface area contributed by atoms with Gasteiger partial charge >= 0.3 is 5.97 Å². The van der Waals surface area contributed by atoms with Crippen molar-refractivity contribution >= 4 is 17.7 Å². The maximum atomic E-state index is 11.5. The smallest absolute Gasteiger partial charge is 0.338 e. The third kappa shape index (κ3) is 5.24. The molecule has 4 heteroatoms. The lowest BCUT2D eigenvalue weighted by Crippen LogP contribution is -2.04. The van der Waals surface area contributed by atoms with E-state index in [2.05, 4.69) is 6.07 Å². The van der Waals surface area contributed by atoms with Crippen molar-refractivity contribution in [3.63, 3.8) is 0 Å². The maximum Gasteiger partial charge on any atom is 0.338 e. The highest BCUT2D eigenvalue weighted by atomic mass is 32.2. The Labute approximate surface area is 112 Å². The monoisotopic (exact) mass is 263 g/mol. The topological polar surface area (TPSA) is 50.1 Å². The van der Waals surface area contributed by atoms with Gasteiger partial charge in [-0.05, 0) is 36.8 Å². The van der Waals surface area contributed by atoms with Gasteiger partial charge in [0.15, 0.2) is 0 Å². The van der Waals surface area contributed by atoms with E-state index < -0.39 is 0 Å². The fourth-order valence-corrected chi connectivity index (χ4v) is 2.35. The first-order chi connectivity index (χ1) is 8.77. The van der Waals surface area contributed by atoms with Crippen LogP contribution >= 0.6 is 11.8 Å². The molecule has 1 rings (SSSR count). The lowest BCUT2D eigenvalue weighted by atomic mass is 10.1. The van der Waals surface area contributed by atoms with Crippen molar-refractivity contribution in [3.8, 4) is 6.07 Å². The molecule has 0 unspecified atom stereocenters. The van der Waals surface area contributed by atoms with Crippen LogP contribution in [0, 0.1) is 11.3 Å². The van der Waals surface area contributed by atoms with E-state index in [0.29, 0.717) is 18.6 Å². The highest BCUT2D eigenvalue weighted by Gasteiger charge is 2.06. The van der Waals surface area contributed by atoms with Gasteiger partial charge in [-0.3, -0.25) is 0 Å². The van der Waals surface area contributed by atoms with Crippen molar-refractivity contribution in [3.05, 3.63) is 35.4 Å². The summed E-state index contributed by atoms with van der Waals surface area (Å²) in [5, 5.41) is 8.42. The Morgan fingerprint density at radius 2 is 2.33 bits per heavy atom. The minimum atomic E-state index is -0.270. The van der Waals surface area contributed by atoms with E-state index in [-0.39, 0.29) is 5.97 Å². The highest BCUT2D eigenvalue weighted by Crippen LogP contribution is 2.15. The SMILES string of the molecule is CCOC(=O)c1cccc(CSCCCC#N)c1. The van der Waals surface area contributed by atoms with Gasteiger partial charge < -0.3 is 4.74 Å². The van der Waals surface area contributed by atoms with Gasteiger partial charge in [-0.15, -0.1) is 0 Å². The zero-order valence-electron chi connectivity index (χ0n) is 10.5. The van der Waals surface area contributed by atoms with Crippen molar-refractivity contribution in [1.82, 2.24) is 0 Å². The van der Waals surface area contributed by atoms with Crippen LogP contribution in [0.15, 0.2) is 24.3 Å². The lowest BCUT2D eigenvalue weighted by molar-refractivity contribution is 0.0526. The molecule has 0 aromatic heterocycles. The molecule has 96 valence electrons. The molecule has 0 atom stereocenters. The molecule has 0 aliphatic carbocycles. The summed E-state index contributed by atoms with van der Waals surface area (Å²) in [6.07, 6.45) is 1.52. The maximum absolute atomic E-state index is 11.5. The number of nitriles is 1. The predicted octanol–water partition coefficient (Wildman–Crippen LogP) is 3.40. The van der Waals surface area contributed by atoms with Gasteiger partial charge in [0.25, 0.3) is 0 Å². The summed E-state index contributed by atoms with van der Waals surface area (Å²) in [4.78, 5) is 11.5. The van der Waals surface area contributed by atoms with E-state index in [1.807, 2.05) is 18.2 Å². The normalized spacial score (nSPS) is 9.78. The van der Waals surface area contributed by atoms with Gasteiger partial charge in [-0.25, -0.2) is 4.79 Å². The van der Waals surface area contributed by atoms with Gasteiger partial charge in [0.2, 0.25) is 0 Å². The van der Waals surface area contributed by atoms with Crippen LogP contribution in [0.25, 0.3) is 0 Å².